The molecule has 0 saturated heterocycles. The molecule has 0 bridgehead atoms. The van der Waals surface area contributed by atoms with Crippen LogP contribution in [0.15, 0.2) is 53.7 Å². The molecule has 3 aromatic rings. The van der Waals surface area contributed by atoms with Gasteiger partial charge in [-0.15, -0.1) is 10.2 Å². The molecule has 0 aliphatic heterocycles. The number of hydrogen-bond donors (Lipinski definition) is 2. The SMILES string of the molecule is COc1ccc(-c2nnc(SCC(=O)NC(C)c3ccccc3Cl)n2N)cc1. The van der Waals surface area contributed by atoms with E-state index in [-0.39, 0.29) is 17.7 Å². The Morgan fingerprint density at radius 3 is 2.64 bits per heavy atom. The van der Waals surface area contributed by atoms with Crippen LogP contribution in [-0.2, 0) is 4.79 Å². The second-order valence-corrected chi connectivity index (χ2v) is 7.35. The molecule has 7 nitrogen and oxygen atoms in total. The quantitative estimate of drug-likeness (QED) is 0.452. The van der Waals surface area contributed by atoms with Gasteiger partial charge in [-0.25, -0.2) is 4.68 Å². The minimum absolute atomic E-state index is 0.147. The number of hydrogen-bond acceptors (Lipinski definition) is 6. The number of thioether (sulfide) groups is 1. The van der Waals surface area contributed by atoms with E-state index in [4.69, 9.17) is 22.2 Å². The van der Waals surface area contributed by atoms with Gasteiger partial charge in [0.05, 0.1) is 18.9 Å². The molecule has 0 aliphatic carbocycles. The summed E-state index contributed by atoms with van der Waals surface area (Å²) in [5.41, 5.74) is 1.67. The molecule has 146 valence electrons. The normalized spacial score (nSPS) is 11.8. The number of methoxy groups -OCH3 is 1. The zero-order chi connectivity index (χ0) is 20.1. The van der Waals surface area contributed by atoms with E-state index in [2.05, 4.69) is 15.5 Å². The standard InChI is InChI=1S/C19H20ClN5O2S/c1-12(15-5-3-4-6-16(15)20)22-17(26)11-28-19-24-23-18(25(19)21)13-7-9-14(27-2)10-8-13/h3-10,12H,11,21H2,1-2H3,(H,22,26). The monoisotopic (exact) mass is 417 g/mol. The van der Waals surface area contributed by atoms with Crippen LogP contribution in [0.3, 0.4) is 0 Å². The van der Waals surface area contributed by atoms with E-state index in [1.807, 2.05) is 49.4 Å². The van der Waals surface area contributed by atoms with Crippen molar-refractivity contribution in [3.63, 3.8) is 0 Å². The number of carbonyl (C=O) groups is 1. The predicted octanol–water partition coefficient (Wildman–Crippen LogP) is 3.29. The van der Waals surface area contributed by atoms with Crippen LogP contribution in [0.4, 0.5) is 0 Å². The van der Waals surface area contributed by atoms with E-state index in [1.165, 1.54) is 16.4 Å². The van der Waals surface area contributed by atoms with Gasteiger partial charge < -0.3 is 15.9 Å². The van der Waals surface area contributed by atoms with Gasteiger partial charge in [0.1, 0.15) is 5.75 Å². The van der Waals surface area contributed by atoms with Gasteiger partial charge in [0.25, 0.3) is 0 Å². The maximum absolute atomic E-state index is 12.3. The zero-order valence-corrected chi connectivity index (χ0v) is 17.0. The number of ether oxygens (including phenoxy) is 1. The first-order valence-electron chi connectivity index (χ1n) is 8.51. The molecule has 0 radical (unpaired) electrons. The maximum Gasteiger partial charge on any atom is 0.230 e. The Bertz CT molecular complexity index is 961. The Labute approximate surface area is 172 Å². The van der Waals surface area contributed by atoms with Crippen LogP contribution in [0.25, 0.3) is 11.4 Å². The van der Waals surface area contributed by atoms with Crippen LogP contribution in [0, 0.1) is 0 Å². The van der Waals surface area contributed by atoms with Crippen LogP contribution < -0.4 is 15.9 Å². The smallest absolute Gasteiger partial charge is 0.230 e. The molecule has 2 aromatic carbocycles. The number of carbonyl (C=O) groups excluding carboxylic acids is 1. The van der Waals surface area contributed by atoms with Gasteiger partial charge in [0.2, 0.25) is 11.1 Å². The summed E-state index contributed by atoms with van der Waals surface area (Å²) in [6.45, 7) is 1.89. The number of aromatic nitrogens is 3. The number of rotatable bonds is 7. The lowest BCUT2D eigenvalue weighted by atomic mass is 10.1. The zero-order valence-electron chi connectivity index (χ0n) is 15.4. The van der Waals surface area contributed by atoms with Crippen LogP contribution in [-0.4, -0.2) is 33.6 Å². The Morgan fingerprint density at radius 1 is 1.25 bits per heavy atom. The summed E-state index contributed by atoms with van der Waals surface area (Å²) in [4.78, 5) is 12.3. The second kappa shape index (κ2) is 8.99. The summed E-state index contributed by atoms with van der Waals surface area (Å²) in [5, 5.41) is 12.2. The number of nitrogens with zero attached hydrogens (tertiary/aromatic N) is 3. The fourth-order valence-electron chi connectivity index (χ4n) is 2.63. The van der Waals surface area contributed by atoms with Crippen molar-refractivity contribution in [2.24, 2.45) is 0 Å². The summed E-state index contributed by atoms with van der Waals surface area (Å²) in [6.07, 6.45) is 0. The second-order valence-electron chi connectivity index (χ2n) is 6.00. The highest BCUT2D eigenvalue weighted by Crippen LogP contribution is 2.24. The van der Waals surface area contributed by atoms with E-state index in [9.17, 15) is 4.79 Å². The van der Waals surface area contributed by atoms with Gasteiger partial charge in [-0.3, -0.25) is 4.79 Å². The van der Waals surface area contributed by atoms with Gasteiger partial charge >= 0.3 is 0 Å². The van der Waals surface area contributed by atoms with Crippen LogP contribution >= 0.6 is 23.4 Å². The van der Waals surface area contributed by atoms with E-state index in [1.54, 1.807) is 13.2 Å². The minimum Gasteiger partial charge on any atom is -0.497 e. The lowest BCUT2D eigenvalue weighted by Crippen LogP contribution is -2.28. The Hall–Kier alpha value is -2.71. The van der Waals surface area contributed by atoms with Crippen LogP contribution in [0.5, 0.6) is 5.75 Å². The molecular formula is C19H20ClN5O2S. The number of nitrogens with two attached hydrogens (primary N) is 1. The highest BCUT2D eigenvalue weighted by atomic mass is 35.5. The fourth-order valence-corrected chi connectivity index (χ4v) is 3.60. The van der Waals surface area contributed by atoms with Crippen molar-refractivity contribution in [1.82, 2.24) is 20.2 Å². The first-order chi connectivity index (χ1) is 13.5. The summed E-state index contributed by atoms with van der Waals surface area (Å²) < 4.78 is 6.52. The van der Waals surface area contributed by atoms with Gasteiger partial charge in [-0.1, -0.05) is 41.6 Å². The topological polar surface area (TPSA) is 95.1 Å². The van der Waals surface area contributed by atoms with Crippen molar-refractivity contribution in [3.05, 3.63) is 59.1 Å². The van der Waals surface area contributed by atoms with E-state index in [0.29, 0.717) is 16.0 Å². The number of nitrogens with one attached hydrogen (secondary N) is 1. The fraction of sp³-hybridized carbons (Fsp3) is 0.211. The third-order valence-electron chi connectivity index (χ3n) is 4.09. The van der Waals surface area contributed by atoms with Crippen molar-refractivity contribution in [3.8, 4) is 17.1 Å². The molecule has 28 heavy (non-hydrogen) atoms. The van der Waals surface area contributed by atoms with Crippen molar-refractivity contribution < 1.29 is 9.53 Å². The van der Waals surface area contributed by atoms with Gasteiger partial charge in [0.15, 0.2) is 5.82 Å². The Kier molecular flexibility index (Phi) is 6.43. The molecule has 3 rings (SSSR count). The molecule has 1 atom stereocenters. The summed E-state index contributed by atoms with van der Waals surface area (Å²) in [5.74, 6) is 7.36. The average Bonchev–Trinajstić information content (AvgIpc) is 3.07. The van der Waals surface area contributed by atoms with Crippen molar-refractivity contribution in [2.45, 2.75) is 18.1 Å². The minimum atomic E-state index is -0.201. The number of amides is 1. The molecular weight excluding hydrogens is 398 g/mol. The van der Waals surface area contributed by atoms with Crippen LogP contribution in [0.2, 0.25) is 5.02 Å². The summed E-state index contributed by atoms with van der Waals surface area (Å²) >= 11 is 7.39. The Balaban J connectivity index is 1.61. The molecule has 3 N–H and O–H groups in total. The molecule has 1 heterocycles. The molecule has 0 saturated carbocycles. The lowest BCUT2D eigenvalue weighted by molar-refractivity contribution is -0.119. The first kappa shape index (κ1) is 20.0. The first-order valence-corrected chi connectivity index (χ1v) is 9.87. The van der Waals surface area contributed by atoms with Gasteiger partial charge in [-0.2, -0.15) is 0 Å². The summed E-state index contributed by atoms with van der Waals surface area (Å²) in [6, 6.07) is 14.6. The number of halogens is 1. The molecule has 0 fully saturated rings. The highest BCUT2D eigenvalue weighted by Gasteiger charge is 2.16. The van der Waals surface area contributed by atoms with E-state index < -0.39 is 0 Å². The van der Waals surface area contributed by atoms with Gasteiger partial charge in [0, 0.05) is 10.6 Å². The molecule has 0 spiro atoms. The van der Waals surface area contributed by atoms with Gasteiger partial charge in [-0.05, 0) is 42.8 Å². The third-order valence-corrected chi connectivity index (χ3v) is 5.38. The molecule has 1 amide bonds. The van der Waals surface area contributed by atoms with Crippen molar-refractivity contribution >= 4 is 29.3 Å². The number of benzene rings is 2. The highest BCUT2D eigenvalue weighted by molar-refractivity contribution is 7.99. The molecule has 9 heteroatoms. The Morgan fingerprint density at radius 2 is 1.96 bits per heavy atom. The molecule has 0 aliphatic rings. The van der Waals surface area contributed by atoms with E-state index in [0.717, 1.165) is 16.9 Å². The largest absolute Gasteiger partial charge is 0.497 e. The van der Waals surface area contributed by atoms with Crippen molar-refractivity contribution in [1.29, 1.82) is 0 Å². The van der Waals surface area contributed by atoms with Crippen molar-refractivity contribution in [2.75, 3.05) is 18.7 Å². The summed E-state index contributed by atoms with van der Waals surface area (Å²) in [7, 11) is 1.60. The lowest BCUT2D eigenvalue weighted by Gasteiger charge is -2.15. The third kappa shape index (κ3) is 4.58. The average molecular weight is 418 g/mol. The number of nitrogen functional groups attached to an aromatic ring is 1. The maximum atomic E-state index is 12.3. The van der Waals surface area contributed by atoms with Crippen LogP contribution in [0.1, 0.15) is 18.5 Å². The molecule has 1 aromatic heterocycles. The van der Waals surface area contributed by atoms with E-state index >= 15 is 0 Å². The molecule has 1 unspecified atom stereocenters. The predicted molar refractivity (Wildman–Crippen MR) is 111 cm³/mol.